The fourth-order valence-corrected chi connectivity index (χ4v) is 2.49. The van der Waals surface area contributed by atoms with Crippen LogP contribution in [0.3, 0.4) is 0 Å². The van der Waals surface area contributed by atoms with E-state index in [4.69, 9.17) is 10.7 Å². The molecule has 0 aliphatic rings. The Morgan fingerprint density at radius 2 is 2.00 bits per heavy atom. The van der Waals surface area contributed by atoms with Crippen LogP contribution in [0, 0.1) is 0 Å². The highest BCUT2D eigenvalue weighted by Crippen LogP contribution is 2.22. The molecule has 0 aliphatic carbocycles. The van der Waals surface area contributed by atoms with E-state index in [-0.39, 0.29) is 0 Å². The molecule has 2 heterocycles. The van der Waals surface area contributed by atoms with Crippen molar-refractivity contribution in [1.82, 2.24) is 14.6 Å². The zero-order chi connectivity index (χ0) is 15.4. The van der Waals surface area contributed by atoms with Crippen molar-refractivity contribution in [3.63, 3.8) is 0 Å². The number of benzene rings is 1. The second kappa shape index (κ2) is 6.58. The number of aryl methyl sites for hydroxylation is 1. The van der Waals surface area contributed by atoms with Gasteiger partial charge in [0.1, 0.15) is 5.82 Å². The monoisotopic (exact) mass is 295 g/mol. The minimum atomic E-state index is 0.583. The first-order valence-corrected chi connectivity index (χ1v) is 7.71. The van der Waals surface area contributed by atoms with Crippen molar-refractivity contribution in [1.29, 1.82) is 0 Å². The minimum absolute atomic E-state index is 0.583. The number of nitrogens with zero attached hydrogens (tertiary/aromatic N) is 3. The normalized spacial score (nSPS) is 11.0. The van der Waals surface area contributed by atoms with E-state index in [1.54, 1.807) is 0 Å². The van der Waals surface area contributed by atoms with Crippen molar-refractivity contribution in [2.24, 2.45) is 5.73 Å². The lowest BCUT2D eigenvalue weighted by atomic mass is 10.2. The largest absolute Gasteiger partial charge is 0.369 e. The summed E-state index contributed by atoms with van der Waals surface area (Å²) < 4.78 is 1.86. The molecule has 22 heavy (non-hydrogen) atoms. The summed E-state index contributed by atoms with van der Waals surface area (Å²) in [6.07, 6.45) is 2.03. The number of nitrogens with two attached hydrogens (primary N) is 1. The summed E-state index contributed by atoms with van der Waals surface area (Å²) in [5, 5.41) is 8.02. The molecular formula is C17H21N5. The maximum Gasteiger partial charge on any atom is 0.158 e. The number of rotatable bonds is 6. The van der Waals surface area contributed by atoms with Crippen molar-refractivity contribution >= 4 is 11.5 Å². The molecule has 3 N–H and O–H groups in total. The van der Waals surface area contributed by atoms with E-state index in [0.29, 0.717) is 13.1 Å². The summed E-state index contributed by atoms with van der Waals surface area (Å²) in [4.78, 5) is 4.71. The van der Waals surface area contributed by atoms with Crippen LogP contribution in [-0.4, -0.2) is 27.7 Å². The number of nitrogens with one attached hydrogen (secondary N) is 1. The summed E-state index contributed by atoms with van der Waals surface area (Å²) in [6.45, 7) is 3.45. The van der Waals surface area contributed by atoms with E-state index in [1.807, 2.05) is 28.8 Å². The molecule has 5 heteroatoms. The highest BCUT2D eigenvalue weighted by molar-refractivity contribution is 5.65. The SMILES string of the molecule is CCCc1cc(NCCN)n2nc(-c3ccccc3)cc2n1. The Bertz CT molecular complexity index is 748. The molecule has 0 radical (unpaired) electrons. The highest BCUT2D eigenvalue weighted by atomic mass is 15.3. The van der Waals surface area contributed by atoms with Gasteiger partial charge in [-0.05, 0) is 6.42 Å². The van der Waals surface area contributed by atoms with Crippen molar-refractivity contribution in [2.75, 3.05) is 18.4 Å². The van der Waals surface area contributed by atoms with Crippen molar-refractivity contribution < 1.29 is 0 Å². The van der Waals surface area contributed by atoms with Crippen LogP contribution in [-0.2, 0) is 6.42 Å². The van der Waals surface area contributed by atoms with Gasteiger partial charge in [0.2, 0.25) is 0 Å². The number of hydrogen-bond donors (Lipinski definition) is 2. The van der Waals surface area contributed by atoms with Gasteiger partial charge < -0.3 is 11.1 Å². The number of anilines is 1. The Labute approximate surface area is 130 Å². The fraction of sp³-hybridized carbons (Fsp3) is 0.294. The van der Waals surface area contributed by atoms with Crippen molar-refractivity contribution in [2.45, 2.75) is 19.8 Å². The number of aromatic nitrogens is 3. The first-order valence-electron chi connectivity index (χ1n) is 7.71. The smallest absolute Gasteiger partial charge is 0.158 e. The van der Waals surface area contributed by atoms with E-state index in [9.17, 15) is 0 Å². The van der Waals surface area contributed by atoms with Gasteiger partial charge in [0.15, 0.2) is 5.65 Å². The Morgan fingerprint density at radius 3 is 2.73 bits per heavy atom. The second-order valence-electron chi connectivity index (χ2n) is 5.26. The third-order valence-corrected chi connectivity index (χ3v) is 3.51. The predicted octanol–water partition coefficient (Wildman–Crippen LogP) is 2.72. The lowest BCUT2D eigenvalue weighted by Crippen LogP contribution is -2.16. The summed E-state index contributed by atoms with van der Waals surface area (Å²) in [7, 11) is 0. The van der Waals surface area contributed by atoms with Crippen LogP contribution in [0.2, 0.25) is 0 Å². The highest BCUT2D eigenvalue weighted by Gasteiger charge is 2.10. The molecule has 114 valence electrons. The first-order chi connectivity index (χ1) is 10.8. The molecule has 1 aromatic carbocycles. The molecule has 0 aliphatic heterocycles. The maximum atomic E-state index is 5.61. The van der Waals surface area contributed by atoms with Crippen LogP contribution in [0.25, 0.3) is 16.9 Å². The lowest BCUT2D eigenvalue weighted by molar-refractivity contribution is 0.855. The van der Waals surface area contributed by atoms with Gasteiger partial charge in [-0.3, -0.25) is 0 Å². The van der Waals surface area contributed by atoms with Gasteiger partial charge in [-0.25, -0.2) is 4.98 Å². The molecule has 0 fully saturated rings. The first kappa shape index (κ1) is 14.5. The van der Waals surface area contributed by atoms with Gasteiger partial charge in [0.05, 0.1) is 5.69 Å². The third kappa shape index (κ3) is 2.94. The Balaban J connectivity index is 2.08. The molecule has 0 amide bonds. The third-order valence-electron chi connectivity index (χ3n) is 3.51. The molecule has 5 nitrogen and oxygen atoms in total. The zero-order valence-corrected chi connectivity index (χ0v) is 12.8. The van der Waals surface area contributed by atoms with E-state index in [0.717, 1.165) is 41.3 Å². The Morgan fingerprint density at radius 1 is 1.18 bits per heavy atom. The van der Waals surface area contributed by atoms with Gasteiger partial charge >= 0.3 is 0 Å². The van der Waals surface area contributed by atoms with Crippen LogP contribution in [0.15, 0.2) is 42.5 Å². The molecule has 0 spiro atoms. The number of hydrogen-bond acceptors (Lipinski definition) is 4. The van der Waals surface area contributed by atoms with Crippen molar-refractivity contribution in [3.05, 3.63) is 48.2 Å². The zero-order valence-electron chi connectivity index (χ0n) is 12.8. The molecule has 0 saturated carbocycles. The molecular weight excluding hydrogens is 274 g/mol. The molecule has 0 unspecified atom stereocenters. The predicted molar refractivity (Wildman–Crippen MR) is 90.0 cm³/mol. The molecule has 0 atom stereocenters. The molecule has 2 aromatic heterocycles. The summed E-state index contributed by atoms with van der Waals surface area (Å²) in [5.41, 5.74) is 9.57. The topological polar surface area (TPSA) is 68.2 Å². The van der Waals surface area contributed by atoms with Crippen LogP contribution >= 0.6 is 0 Å². The van der Waals surface area contributed by atoms with Gasteiger partial charge in [-0.15, -0.1) is 0 Å². The second-order valence-corrected chi connectivity index (χ2v) is 5.26. The standard InChI is InChI=1S/C17H21N5/c1-2-6-14-11-16(19-10-9-18)22-17(20-14)12-15(21-22)13-7-4-3-5-8-13/h3-5,7-8,11-12,19H,2,6,9-10,18H2,1H3. The minimum Gasteiger partial charge on any atom is -0.369 e. The fourth-order valence-electron chi connectivity index (χ4n) is 2.49. The van der Waals surface area contributed by atoms with E-state index >= 15 is 0 Å². The number of fused-ring (bicyclic) bond motifs is 1. The van der Waals surface area contributed by atoms with Crippen LogP contribution in [0.1, 0.15) is 19.0 Å². The quantitative estimate of drug-likeness (QED) is 0.733. The van der Waals surface area contributed by atoms with Gasteiger partial charge in [-0.2, -0.15) is 9.61 Å². The average molecular weight is 295 g/mol. The van der Waals surface area contributed by atoms with Crippen molar-refractivity contribution in [3.8, 4) is 11.3 Å². The van der Waals surface area contributed by atoms with Gasteiger partial charge in [-0.1, -0.05) is 43.7 Å². The average Bonchev–Trinajstić information content (AvgIpc) is 2.98. The van der Waals surface area contributed by atoms with Crippen LogP contribution in [0.5, 0.6) is 0 Å². The molecule has 0 saturated heterocycles. The van der Waals surface area contributed by atoms with Gasteiger partial charge in [0.25, 0.3) is 0 Å². The Hall–Kier alpha value is -2.40. The van der Waals surface area contributed by atoms with Gasteiger partial charge in [0, 0.05) is 36.5 Å². The molecule has 0 bridgehead atoms. The molecule has 3 aromatic rings. The van der Waals surface area contributed by atoms with E-state index in [1.165, 1.54) is 0 Å². The van der Waals surface area contributed by atoms with Crippen LogP contribution in [0.4, 0.5) is 5.82 Å². The molecule has 3 rings (SSSR count). The van der Waals surface area contributed by atoms with E-state index in [2.05, 4.69) is 35.5 Å². The van der Waals surface area contributed by atoms with Crippen LogP contribution < -0.4 is 11.1 Å². The summed E-state index contributed by atoms with van der Waals surface area (Å²) in [6, 6.07) is 14.2. The summed E-state index contributed by atoms with van der Waals surface area (Å²) >= 11 is 0. The van der Waals surface area contributed by atoms with E-state index < -0.39 is 0 Å². The lowest BCUT2D eigenvalue weighted by Gasteiger charge is -2.09. The maximum absolute atomic E-state index is 5.61. The summed E-state index contributed by atoms with van der Waals surface area (Å²) in [5.74, 6) is 0.945. The Kier molecular flexibility index (Phi) is 4.34.